The number of imide groups is 1. The van der Waals surface area contributed by atoms with Crippen molar-refractivity contribution < 1.29 is 14.4 Å². The van der Waals surface area contributed by atoms with Crippen LogP contribution >= 0.6 is 0 Å². The lowest BCUT2D eigenvalue weighted by atomic mass is 9.76. The van der Waals surface area contributed by atoms with E-state index in [4.69, 9.17) is 0 Å². The van der Waals surface area contributed by atoms with E-state index >= 15 is 0 Å². The van der Waals surface area contributed by atoms with E-state index in [9.17, 15) is 14.4 Å². The van der Waals surface area contributed by atoms with Gasteiger partial charge in [0.05, 0.1) is 0 Å². The fourth-order valence-electron chi connectivity index (χ4n) is 3.19. The van der Waals surface area contributed by atoms with E-state index in [0.29, 0.717) is 19.4 Å². The standard InChI is InChI=1S/C15H18N2O3/c1-15(2)7-3-4-9-10(15)8-17(14(9)20)11-5-6-12(18)16-13(11)19/h3-4,11H,5-8H2,1-2H3,(H,16,18,19). The zero-order chi connectivity index (χ0) is 14.5. The minimum Gasteiger partial charge on any atom is -0.323 e. The van der Waals surface area contributed by atoms with E-state index in [1.807, 2.05) is 12.2 Å². The largest absolute Gasteiger partial charge is 0.323 e. The lowest BCUT2D eigenvalue weighted by molar-refractivity contribution is -0.142. The summed E-state index contributed by atoms with van der Waals surface area (Å²) in [6.07, 6.45) is 5.51. The van der Waals surface area contributed by atoms with Gasteiger partial charge in [-0.25, -0.2) is 0 Å². The molecule has 3 rings (SSSR count). The van der Waals surface area contributed by atoms with Crippen LogP contribution in [0, 0.1) is 5.41 Å². The summed E-state index contributed by atoms with van der Waals surface area (Å²) in [5.41, 5.74) is 1.79. The SMILES string of the molecule is CC1(C)CC=CC2=C1CN(C1CCC(=O)NC1=O)C2=O. The van der Waals surface area contributed by atoms with Crippen LogP contribution in [0.2, 0.25) is 0 Å². The third-order valence-corrected chi connectivity index (χ3v) is 4.46. The normalized spacial score (nSPS) is 28.8. The van der Waals surface area contributed by atoms with Crippen LogP contribution in [0.4, 0.5) is 0 Å². The molecule has 0 bridgehead atoms. The number of piperidine rings is 1. The van der Waals surface area contributed by atoms with Crippen molar-refractivity contribution in [2.24, 2.45) is 5.41 Å². The molecule has 0 aromatic carbocycles. The fraction of sp³-hybridized carbons (Fsp3) is 0.533. The molecule has 1 atom stereocenters. The van der Waals surface area contributed by atoms with Gasteiger partial charge in [0.1, 0.15) is 6.04 Å². The van der Waals surface area contributed by atoms with Gasteiger partial charge in [-0.3, -0.25) is 19.7 Å². The van der Waals surface area contributed by atoms with E-state index in [2.05, 4.69) is 19.2 Å². The molecule has 1 saturated heterocycles. The number of carbonyl (C=O) groups excluding carboxylic acids is 3. The minimum absolute atomic E-state index is 0.0462. The summed E-state index contributed by atoms with van der Waals surface area (Å²) in [5, 5.41) is 2.32. The monoisotopic (exact) mass is 274 g/mol. The average molecular weight is 274 g/mol. The molecule has 1 unspecified atom stereocenters. The number of carbonyl (C=O) groups is 3. The van der Waals surface area contributed by atoms with E-state index in [1.165, 1.54) is 0 Å². The minimum atomic E-state index is -0.519. The second-order valence-corrected chi connectivity index (χ2v) is 6.28. The third-order valence-electron chi connectivity index (χ3n) is 4.46. The van der Waals surface area contributed by atoms with E-state index in [0.717, 1.165) is 17.6 Å². The molecule has 1 N–H and O–H groups in total. The first-order valence-electron chi connectivity index (χ1n) is 6.95. The summed E-state index contributed by atoms with van der Waals surface area (Å²) in [6, 6.07) is -0.519. The van der Waals surface area contributed by atoms with E-state index in [1.54, 1.807) is 4.90 Å². The van der Waals surface area contributed by atoms with Gasteiger partial charge in [0.2, 0.25) is 11.8 Å². The molecule has 5 heteroatoms. The number of hydrogen-bond donors (Lipinski definition) is 1. The van der Waals surface area contributed by atoms with Crippen molar-refractivity contribution >= 4 is 17.7 Å². The Hall–Kier alpha value is -1.91. The number of rotatable bonds is 1. The van der Waals surface area contributed by atoms with Gasteiger partial charge in [-0.1, -0.05) is 26.0 Å². The van der Waals surface area contributed by atoms with Gasteiger partial charge in [-0.2, -0.15) is 0 Å². The van der Waals surface area contributed by atoms with Gasteiger partial charge in [0.25, 0.3) is 5.91 Å². The van der Waals surface area contributed by atoms with Gasteiger partial charge >= 0.3 is 0 Å². The maximum Gasteiger partial charge on any atom is 0.254 e. The number of hydrogen-bond acceptors (Lipinski definition) is 3. The van der Waals surface area contributed by atoms with Crippen LogP contribution in [0.3, 0.4) is 0 Å². The maximum atomic E-state index is 12.5. The van der Waals surface area contributed by atoms with Gasteiger partial charge in [-0.15, -0.1) is 0 Å². The molecule has 2 aliphatic heterocycles. The summed E-state index contributed by atoms with van der Waals surface area (Å²) in [6.45, 7) is 4.73. The van der Waals surface area contributed by atoms with E-state index < -0.39 is 6.04 Å². The quantitative estimate of drug-likeness (QED) is 0.723. The topological polar surface area (TPSA) is 66.5 Å². The van der Waals surface area contributed by atoms with Gasteiger partial charge in [-0.05, 0) is 23.8 Å². The summed E-state index contributed by atoms with van der Waals surface area (Å²) in [5.74, 6) is -0.689. The molecule has 0 saturated carbocycles. The number of nitrogens with one attached hydrogen (secondary N) is 1. The highest BCUT2D eigenvalue weighted by Gasteiger charge is 2.43. The Bertz CT molecular complexity index is 572. The summed E-state index contributed by atoms with van der Waals surface area (Å²) >= 11 is 0. The molecule has 0 spiro atoms. The Kier molecular flexibility index (Phi) is 2.81. The Labute approximate surface area is 117 Å². The molecule has 2 heterocycles. The van der Waals surface area contributed by atoms with Crippen molar-refractivity contribution in [1.82, 2.24) is 10.2 Å². The molecule has 5 nitrogen and oxygen atoms in total. The molecule has 0 aromatic rings. The predicted molar refractivity (Wildman–Crippen MR) is 72.4 cm³/mol. The lowest BCUT2D eigenvalue weighted by Gasteiger charge is -2.32. The van der Waals surface area contributed by atoms with Gasteiger partial charge in [0.15, 0.2) is 0 Å². The zero-order valence-electron chi connectivity index (χ0n) is 11.7. The summed E-state index contributed by atoms with van der Waals surface area (Å²) in [7, 11) is 0. The highest BCUT2D eigenvalue weighted by atomic mass is 16.2. The van der Waals surface area contributed by atoms with Crippen LogP contribution in [0.1, 0.15) is 33.1 Å². The van der Waals surface area contributed by atoms with Crippen LogP contribution in [0.5, 0.6) is 0 Å². The highest BCUT2D eigenvalue weighted by molar-refractivity contribution is 6.06. The fourth-order valence-corrected chi connectivity index (χ4v) is 3.19. The number of nitrogens with zero attached hydrogens (tertiary/aromatic N) is 1. The Balaban J connectivity index is 1.86. The number of amides is 3. The first kappa shape index (κ1) is 13.1. The molecule has 20 heavy (non-hydrogen) atoms. The summed E-state index contributed by atoms with van der Waals surface area (Å²) < 4.78 is 0. The first-order chi connectivity index (χ1) is 9.40. The third kappa shape index (κ3) is 1.88. The summed E-state index contributed by atoms with van der Waals surface area (Å²) in [4.78, 5) is 37.3. The molecule has 0 radical (unpaired) electrons. The Morgan fingerprint density at radius 1 is 1.30 bits per heavy atom. The molecule has 0 aromatic heterocycles. The van der Waals surface area contributed by atoms with Crippen LogP contribution < -0.4 is 5.32 Å². The zero-order valence-corrected chi connectivity index (χ0v) is 11.7. The molecule has 3 aliphatic rings. The smallest absolute Gasteiger partial charge is 0.254 e. The Morgan fingerprint density at radius 3 is 2.70 bits per heavy atom. The van der Waals surface area contributed by atoms with Crippen molar-refractivity contribution in [2.75, 3.05) is 6.54 Å². The highest BCUT2D eigenvalue weighted by Crippen LogP contribution is 2.41. The van der Waals surface area contributed by atoms with Crippen molar-refractivity contribution in [2.45, 2.75) is 39.2 Å². The first-order valence-corrected chi connectivity index (χ1v) is 6.95. The molecule has 1 aliphatic carbocycles. The number of allylic oxidation sites excluding steroid dienone is 1. The van der Waals surface area contributed by atoms with Crippen LogP contribution in [-0.2, 0) is 14.4 Å². The van der Waals surface area contributed by atoms with Crippen LogP contribution in [0.25, 0.3) is 0 Å². The van der Waals surface area contributed by atoms with Gasteiger partial charge in [0, 0.05) is 18.5 Å². The molecule has 106 valence electrons. The van der Waals surface area contributed by atoms with Crippen LogP contribution in [-0.4, -0.2) is 35.2 Å². The molecule has 3 amide bonds. The van der Waals surface area contributed by atoms with Crippen molar-refractivity contribution in [3.05, 3.63) is 23.3 Å². The second-order valence-electron chi connectivity index (χ2n) is 6.28. The van der Waals surface area contributed by atoms with E-state index in [-0.39, 0.29) is 23.1 Å². The van der Waals surface area contributed by atoms with Crippen molar-refractivity contribution in [1.29, 1.82) is 0 Å². The average Bonchev–Trinajstić information content (AvgIpc) is 2.69. The lowest BCUT2D eigenvalue weighted by Crippen LogP contribution is -2.53. The second kappa shape index (κ2) is 4.30. The molecular weight excluding hydrogens is 256 g/mol. The van der Waals surface area contributed by atoms with Crippen molar-refractivity contribution in [3.8, 4) is 0 Å². The van der Waals surface area contributed by atoms with Crippen LogP contribution in [0.15, 0.2) is 23.3 Å². The maximum absolute atomic E-state index is 12.5. The van der Waals surface area contributed by atoms with Gasteiger partial charge < -0.3 is 4.90 Å². The predicted octanol–water partition coefficient (Wildman–Crippen LogP) is 0.916. The molecule has 1 fully saturated rings. The molecular formula is C15H18N2O3. The van der Waals surface area contributed by atoms with Crippen molar-refractivity contribution in [3.63, 3.8) is 0 Å². The Morgan fingerprint density at radius 2 is 2.05 bits per heavy atom.